The summed E-state index contributed by atoms with van der Waals surface area (Å²) >= 11 is 0. The van der Waals surface area contributed by atoms with Crippen LogP contribution < -0.4 is 9.04 Å². The third-order valence-corrected chi connectivity index (χ3v) is 6.02. The zero-order valence-corrected chi connectivity index (χ0v) is 17.7. The van der Waals surface area contributed by atoms with Crippen LogP contribution in [0.3, 0.4) is 0 Å². The Balaban J connectivity index is 1.83. The Labute approximate surface area is 171 Å². The Hall–Kier alpha value is -2.87. The van der Waals surface area contributed by atoms with Gasteiger partial charge in [0.15, 0.2) is 0 Å². The van der Waals surface area contributed by atoms with Gasteiger partial charge in [0.1, 0.15) is 17.2 Å². The normalized spacial score (nSPS) is 14.1. The topological polar surface area (TPSA) is 85.8 Å². The van der Waals surface area contributed by atoms with Gasteiger partial charge < -0.3 is 9.47 Å². The molecule has 7 nitrogen and oxygen atoms in total. The minimum atomic E-state index is -3.74. The van der Waals surface area contributed by atoms with Gasteiger partial charge in [-0.2, -0.15) is 0 Å². The summed E-state index contributed by atoms with van der Waals surface area (Å²) < 4.78 is 37.8. The number of anilines is 1. The first-order chi connectivity index (χ1) is 13.6. The van der Waals surface area contributed by atoms with Crippen LogP contribution in [0.2, 0.25) is 0 Å². The molecule has 0 bridgehead atoms. The highest BCUT2D eigenvalue weighted by atomic mass is 32.2. The van der Waals surface area contributed by atoms with Crippen molar-refractivity contribution in [1.29, 1.82) is 0 Å². The summed E-state index contributed by atoms with van der Waals surface area (Å²) in [6, 6.07) is 8.20. The van der Waals surface area contributed by atoms with E-state index in [1.165, 1.54) is 29.6 Å². The molecule has 0 spiro atoms. The molecule has 2 heterocycles. The molecule has 1 aliphatic heterocycles. The van der Waals surface area contributed by atoms with Crippen LogP contribution in [0.15, 0.2) is 47.5 Å². The number of hydrogen-bond donors (Lipinski definition) is 0. The largest absolute Gasteiger partial charge is 0.497 e. The molecule has 0 radical (unpaired) electrons. The van der Waals surface area contributed by atoms with E-state index in [0.717, 1.165) is 5.56 Å². The van der Waals surface area contributed by atoms with Crippen molar-refractivity contribution in [3.63, 3.8) is 0 Å². The van der Waals surface area contributed by atoms with Crippen LogP contribution in [0.5, 0.6) is 5.75 Å². The number of rotatable bonds is 5. The zero-order chi connectivity index (χ0) is 21.2. The molecule has 0 fully saturated rings. The number of esters is 1. The van der Waals surface area contributed by atoms with Crippen LogP contribution in [0.1, 0.15) is 31.9 Å². The lowest BCUT2D eigenvalue weighted by atomic mass is 10.1. The van der Waals surface area contributed by atoms with E-state index in [2.05, 4.69) is 4.98 Å². The third-order valence-electron chi connectivity index (χ3n) is 4.23. The van der Waals surface area contributed by atoms with E-state index >= 15 is 0 Å². The summed E-state index contributed by atoms with van der Waals surface area (Å²) in [7, 11) is -2.25. The van der Waals surface area contributed by atoms with E-state index in [4.69, 9.17) is 9.47 Å². The van der Waals surface area contributed by atoms with Crippen LogP contribution in [-0.2, 0) is 26.0 Å². The monoisotopic (exact) mass is 416 g/mol. The fourth-order valence-corrected chi connectivity index (χ4v) is 4.47. The number of sulfonamides is 1. The highest BCUT2D eigenvalue weighted by Gasteiger charge is 2.32. The van der Waals surface area contributed by atoms with Gasteiger partial charge in [-0.25, -0.2) is 22.5 Å². The van der Waals surface area contributed by atoms with Gasteiger partial charge in [0.2, 0.25) is 0 Å². The molecule has 0 aliphatic carbocycles. The molecule has 2 aromatic rings. The quantitative estimate of drug-likeness (QED) is 0.550. The van der Waals surface area contributed by atoms with Gasteiger partial charge in [0.05, 0.1) is 12.0 Å². The molecule has 3 rings (SSSR count). The summed E-state index contributed by atoms with van der Waals surface area (Å²) in [5.74, 6) is 0.434. The van der Waals surface area contributed by atoms with Gasteiger partial charge in [0.25, 0.3) is 10.0 Å². The van der Waals surface area contributed by atoms with E-state index in [1.54, 1.807) is 45.2 Å². The third kappa shape index (κ3) is 4.76. The van der Waals surface area contributed by atoms with Crippen molar-refractivity contribution in [2.24, 2.45) is 0 Å². The number of carbonyl (C=O) groups is 1. The first-order valence-electron chi connectivity index (χ1n) is 9.17. The van der Waals surface area contributed by atoms with E-state index in [9.17, 15) is 13.2 Å². The predicted octanol–water partition coefficient (Wildman–Crippen LogP) is 3.20. The summed E-state index contributed by atoms with van der Waals surface area (Å²) in [6.07, 6.45) is 5.04. The van der Waals surface area contributed by atoms with Crippen molar-refractivity contribution < 1.29 is 22.7 Å². The summed E-state index contributed by atoms with van der Waals surface area (Å²) in [4.78, 5) is 16.3. The molecule has 29 heavy (non-hydrogen) atoms. The molecular weight excluding hydrogens is 392 g/mol. The van der Waals surface area contributed by atoms with Crippen molar-refractivity contribution in [2.45, 2.75) is 37.7 Å². The van der Waals surface area contributed by atoms with Crippen molar-refractivity contribution in [3.8, 4) is 5.75 Å². The minimum absolute atomic E-state index is 0.153. The Morgan fingerprint density at radius 2 is 2.00 bits per heavy atom. The van der Waals surface area contributed by atoms with E-state index in [0.29, 0.717) is 30.1 Å². The van der Waals surface area contributed by atoms with Gasteiger partial charge in [-0.15, -0.1) is 0 Å². The second-order valence-electron chi connectivity index (χ2n) is 7.62. The second kappa shape index (κ2) is 7.87. The molecule has 1 aliphatic rings. The maximum atomic E-state index is 13.1. The lowest BCUT2D eigenvalue weighted by Crippen LogP contribution is -2.29. The van der Waals surface area contributed by atoms with E-state index < -0.39 is 21.6 Å². The molecule has 0 unspecified atom stereocenters. The van der Waals surface area contributed by atoms with E-state index in [-0.39, 0.29) is 4.90 Å². The molecule has 0 saturated heterocycles. The first kappa shape index (κ1) is 20.9. The fraction of sp³-hybridized carbons (Fsp3) is 0.333. The first-order valence-corrected chi connectivity index (χ1v) is 10.6. The smallest absolute Gasteiger partial charge is 0.331 e. The van der Waals surface area contributed by atoms with Crippen molar-refractivity contribution in [2.75, 3.05) is 18.0 Å². The van der Waals surface area contributed by atoms with Gasteiger partial charge in [-0.1, -0.05) is 6.07 Å². The number of hydrogen-bond acceptors (Lipinski definition) is 6. The van der Waals surface area contributed by atoms with E-state index in [1.807, 2.05) is 6.07 Å². The number of pyridine rings is 1. The SMILES string of the molecule is COc1cccc(S(=O)(=O)N2CCc3cc(C=CC(=O)OC(C)(C)C)cnc32)c1. The Bertz CT molecular complexity index is 1050. The highest BCUT2D eigenvalue weighted by molar-refractivity contribution is 7.92. The van der Waals surface area contributed by atoms with Crippen LogP contribution in [0, 0.1) is 0 Å². The van der Waals surface area contributed by atoms with Gasteiger partial charge in [0, 0.05) is 24.9 Å². The summed E-state index contributed by atoms with van der Waals surface area (Å²) in [6.45, 7) is 5.70. The Morgan fingerprint density at radius 1 is 1.24 bits per heavy atom. The lowest BCUT2D eigenvalue weighted by Gasteiger charge is -2.19. The summed E-state index contributed by atoms with van der Waals surface area (Å²) in [5.41, 5.74) is 0.949. The van der Waals surface area contributed by atoms with Crippen LogP contribution in [-0.4, -0.2) is 38.6 Å². The van der Waals surface area contributed by atoms with Crippen molar-refractivity contribution in [3.05, 3.63) is 53.7 Å². The molecule has 0 amide bonds. The Morgan fingerprint density at radius 3 is 2.69 bits per heavy atom. The standard InChI is InChI=1S/C21H24N2O5S/c1-21(2,3)28-19(24)9-8-15-12-16-10-11-23(20(16)22-14-15)29(25,26)18-7-5-6-17(13-18)27-4/h5-9,12-14H,10-11H2,1-4H3. The molecule has 154 valence electrons. The number of benzene rings is 1. The molecule has 0 N–H and O–H groups in total. The average molecular weight is 416 g/mol. The number of fused-ring (bicyclic) bond motifs is 1. The zero-order valence-electron chi connectivity index (χ0n) is 16.9. The number of ether oxygens (including phenoxy) is 2. The summed E-state index contributed by atoms with van der Waals surface area (Å²) in [5, 5.41) is 0. The van der Waals surface area contributed by atoms with Crippen LogP contribution in [0.25, 0.3) is 6.08 Å². The van der Waals surface area contributed by atoms with Crippen molar-refractivity contribution in [1.82, 2.24) is 4.98 Å². The van der Waals surface area contributed by atoms with Crippen LogP contribution >= 0.6 is 0 Å². The lowest BCUT2D eigenvalue weighted by molar-refractivity contribution is -0.148. The number of carbonyl (C=O) groups excluding carboxylic acids is 1. The fourth-order valence-electron chi connectivity index (χ4n) is 2.97. The average Bonchev–Trinajstić information content (AvgIpc) is 3.09. The number of nitrogens with zero attached hydrogens (tertiary/aromatic N) is 2. The molecule has 0 atom stereocenters. The molecular formula is C21H24N2O5S. The molecule has 1 aromatic heterocycles. The highest BCUT2D eigenvalue weighted by Crippen LogP contribution is 2.32. The van der Waals surface area contributed by atoms with Gasteiger partial charge >= 0.3 is 5.97 Å². The second-order valence-corrected chi connectivity index (χ2v) is 9.49. The van der Waals surface area contributed by atoms with Crippen molar-refractivity contribution >= 4 is 27.9 Å². The van der Waals surface area contributed by atoms with Crippen LogP contribution in [0.4, 0.5) is 5.82 Å². The minimum Gasteiger partial charge on any atom is -0.497 e. The number of aromatic nitrogens is 1. The maximum absolute atomic E-state index is 13.1. The maximum Gasteiger partial charge on any atom is 0.331 e. The van der Waals surface area contributed by atoms with Gasteiger partial charge in [-0.3, -0.25) is 0 Å². The number of methoxy groups -OCH3 is 1. The predicted molar refractivity (Wildman–Crippen MR) is 110 cm³/mol. The molecule has 1 aromatic carbocycles. The Kier molecular flexibility index (Phi) is 5.66. The van der Waals surface area contributed by atoms with Gasteiger partial charge in [-0.05, 0) is 62.6 Å². The molecule has 8 heteroatoms. The molecule has 0 saturated carbocycles.